The van der Waals surface area contributed by atoms with Crippen LogP contribution in [0, 0.1) is 0 Å². The fraction of sp³-hybridized carbons (Fsp3) is 0.105. The highest BCUT2D eigenvalue weighted by Gasteiger charge is 2.15. The number of rotatable bonds is 8. The highest BCUT2D eigenvalue weighted by molar-refractivity contribution is 6.05. The van der Waals surface area contributed by atoms with Crippen LogP contribution in [-0.2, 0) is 14.4 Å². The molecule has 0 aliphatic carbocycles. The molecule has 0 aliphatic rings. The van der Waals surface area contributed by atoms with E-state index in [0.29, 0.717) is 16.9 Å². The van der Waals surface area contributed by atoms with Crippen LogP contribution in [0.15, 0.2) is 60.3 Å². The highest BCUT2D eigenvalue weighted by Crippen LogP contribution is 2.14. The van der Waals surface area contributed by atoms with E-state index in [-0.39, 0.29) is 5.70 Å². The van der Waals surface area contributed by atoms with Crippen molar-refractivity contribution < 1.29 is 29.1 Å². The number of methoxy groups -OCH3 is 1. The monoisotopic (exact) mass is 370 g/mol. The van der Waals surface area contributed by atoms with E-state index >= 15 is 0 Å². The molecule has 2 amide bonds. The van der Waals surface area contributed by atoms with Crippen molar-refractivity contribution in [3.8, 4) is 5.75 Å². The van der Waals surface area contributed by atoms with E-state index in [2.05, 4.69) is 10.2 Å². The molecule has 0 spiro atoms. The molecule has 3 N–H and O–H groups in total. The van der Waals surface area contributed by atoms with Gasteiger partial charge in [0.25, 0.3) is 11.8 Å². The summed E-state index contributed by atoms with van der Waals surface area (Å²) in [6.07, 6.45) is 1.43. The summed E-state index contributed by atoms with van der Waals surface area (Å²) in [5.74, 6) is -1.90. The van der Waals surface area contributed by atoms with Crippen LogP contribution < -0.4 is 15.5 Å². The molecule has 0 unspecified atom stereocenters. The minimum Gasteiger partial charge on any atom is -0.497 e. The van der Waals surface area contributed by atoms with Crippen LogP contribution in [-0.4, -0.2) is 36.6 Å². The molecule has 27 heavy (non-hydrogen) atoms. The lowest BCUT2D eigenvalue weighted by atomic mass is 10.1. The number of hydroxylamine groups is 1. The second-order valence-corrected chi connectivity index (χ2v) is 5.26. The van der Waals surface area contributed by atoms with Gasteiger partial charge in [-0.1, -0.05) is 30.3 Å². The molecule has 2 rings (SSSR count). The van der Waals surface area contributed by atoms with Crippen molar-refractivity contribution in [1.82, 2.24) is 10.8 Å². The summed E-state index contributed by atoms with van der Waals surface area (Å²) in [5.41, 5.74) is 2.85. The third kappa shape index (κ3) is 6.29. The van der Waals surface area contributed by atoms with E-state index in [1.807, 2.05) is 5.48 Å². The Labute approximate surface area is 155 Å². The Kier molecular flexibility index (Phi) is 7.09. The Morgan fingerprint density at radius 2 is 1.70 bits per heavy atom. The summed E-state index contributed by atoms with van der Waals surface area (Å²) in [7, 11) is 1.53. The lowest BCUT2D eigenvalue weighted by Gasteiger charge is -2.11. The number of hydrogen-bond donors (Lipinski definition) is 3. The first-order valence-corrected chi connectivity index (χ1v) is 7.85. The van der Waals surface area contributed by atoms with Gasteiger partial charge >= 0.3 is 5.97 Å². The molecule has 0 radical (unpaired) electrons. The summed E-state index contributed by atoms with van der Waals surface area (Å²) in [4.78, 5) is 39.7. The molecule has 0 fully saturated rings. The van der Waals surface area contributed by atoms with Crippen LogP contribution in [0.5, 0.6) is 5.75 Å². The van der Waals surface area contributed by atoms with Crippen LogP contribution >= 0.6 is 0 Å². The van der Waals surface area contributed by atoms with Gasteiger partial charge in [-0.3, -0.25) is 14.4 Å². The molecule has 8 heteroatoms. The predicted molar refractivity (Wildman–Crippen MR) is 96.6 cm³/mol. The first-order chi connectivity index (χ1) is 13.0. The number of hydrogen-bond acceptors (Lipinski definition) is 5. The van der Waals surface area contributed by atoms with Gasteiger partial charge in [-0.25, -0.2) is 10.3 Å². The largest absolute Gasteiger partial charge is 0.497 e. The number of carbonyl (C=O) groups excluding carboxylic acids is 2. The molecule has 8 nitrogen and oxygen atoms in total. The van der Waals surface area contributed by atoms with Crippen molar-refractivity contribution in [2.24, 2.45) is 0 Å². The van der Waals surface area contributed by atoms with Crippen molar-refractivity contribution in [3.63, 3.8) is 0 Å². The number of ether oxygens (including phenoxy) is 1. The Hall–Kier alpha value is -3.65. The summed E-state index contributed by atoms with van der Waals surface area (Å²) in [5, 5.41) is 11.1. The van der Waals surface area contributed by atoms with Crippen LogP contribution in [0.2, 0.25) is 0 Å². The topological polar surface area (TPSA) is 114 Å². The summed E-state index contributed by atoms with van der Waals surface area (Å²) in [6, 6.07) is 15.1. The third-order valence-electron chi connectivity index (χ3n) is 3.32. The van der Waals surface area contributed by atoms with Crippen molar-refractivity contribution in [2.45, 2.75) is 0 Å². The molecule has 2 aromatic rings. The van der Waals surface area contributed by atoms with E-state index in [1.54, 1.807) is 54.6 Å². The third-order valence-corrected chi connectivity index (χ3v) is 3.32. The van der Waals surface area contributed by atoms with Gasteiger partial charge < -0.3 is 15.2 Å². The van der Waals surface area contributed by atoms with Gasteiger partial charge in [-0.2, -0.15) is 0 Å². The second kappa shape index (κ2) is 9.73. The first-order valence-electron chi connectivity index (χ1n) is 7.85. The zero-order valence-electron chi connectivity index (χ0n) is 14.5. The summed E-state index contributed by atoms with van der Waals surface area (Å²) < 4.78 is 5.07. The molecule has 2 aromatic carbocycles. The molecule has 0 atom stereocenters. The number of benzene rings is 2. The van der Waals surface area contributed by atoms with Crippen LogP contribution in [0.4, 0.5) is 0 Å². The quantitative estimate of drug-likeness (QED) is 0.480. The van der Waals surface area contributed by atoms with E-state index in [0.717, 1.165) is 0 Å². The summed E-state index contributed by atoms with van der Waals surface area (Å²) >= 11 is 0. The van der Waals surface area contributed by atoms with Crippen LogP contribution in [0.25, 0.3) is 6.08 Å². The minimum atomic E-state index is -1.25. The van der Waals surface area contributed by atoms with Gasteiger partial charge in [0.05, 0.1) is 7.11 Å². The number of carboxylic acid groups (broad SMARTS) is 1. The highest BCUT2D eigenvalue weighted by atomic mass is 16.7. The standard InChI is InChI=1S/C19H18N2O6/c1-26-15-9-7-13(8-10-15)11-16(19(25)21-27-12-17(22)23)20-18(24)14-5-3-2-4-6-14/h2-11H,12H2,1H3,(H,20,24)(H,21,25)(H,22,23). The average Bonchev–Trinajstić information content (AvgIpc) is 2.68. The number of aliphatic carboxylic acids is 1. The molecule has 0 aromatic heterocycles. The van der Waals surface area contributed by atoms with Crippen LogP contribution in [0.3, 0.4) is 0 Å². The normalized spacial score (nSPS) is 10.8. The SMILES string of the molecule is COc1ccc(C=C(NC(=O)c2ccccc2)C(=O)NOCC(=O)O)cc1. The van der Waals surface area contributed by atoms with Crippen molar-refractivity contribution >= 4 is 23.9 Å². The molecular formula is C19H18N2O6. The fourth-order valence-electron chi connectivity index (χ4n) is 2.03. The Bertz CT molecular complexity index is 831. The maximum absolute atomic E-state index is 12.3. The maximum Gasteiger partial charge on any atom is 0.332 e. The predicted octanol–water partition coefficient (Wildman–Crippen LogP) is 1.60. The Balaban J connectivity index is 2.21. The molecule has 0 heterocycles. The fourth-order valence-corrected chi connectivity index (χ4v) is 2.03. The van der Waals surface area contributed by atoms with Gasteiger partial charge in [0.15, 0.2) is 6.61 Å². The molecule has 140 valence electrons. The van der Waals surface area contributed by atoms with E-state index in [4.69, 9.17) is 9.84 Å². The number of carbonyl (C=O) groups is 3. The molecular weight excluding hydrogens is 352 g/mol. The van der Waals surface area contributed by atoms with Crippen molar-refractivity contribution in [1.29, 1.82) is 0 Å². The van der Waals surface area contributed by atoms with E-state index in [1.165, 1.54) is 13.2 Å². The smallest absolute Gasteiger partial charge is 0.332 e. The molecule has 0 saturated carbocycles. The van der Waals surface area contributed by atoms with Gasteiger partial charge in [0, 0.05) is 5.56 Å². The minimum absolute atomic E-state index is 0.112. The zero-order chi connectivity index (χ0) is 19.6. The summed E-state index contributed by atoms with van der Waals surface area (Å²) in [6.45, 7) is -0.714. The van der Waals surface area contributed by atoms with Gasteiger partial charge in [0.1, 0.15) is 11.4 Å². The number of amides is 2. The number of nitrogens with one attached hydrogen (secondary N) is 2. The van der Waals surface area contributed by atoms with Gasteiger partial charge in [-0.15, -0.1) is 0 Å². The van der Waals surface area contributed by atoms with Gasteiger partial charge in [0.2, 0.25) is 0 Å². The average molecular weight is 370 g/mol. The lowest BCUT2D eigenvalue weighted by molar-refractivity contribution is -0.148. The van der Waals surface area contributed by atoms with E-state index < -0.39 is 24.4 Å². The Morgan fingerprint density at radius 3 is 2.30 bits per heavy atom. The lowest BCUT2D eigenvalue weighted by Crippen LogP contribution is -2.35. The Morgan fingerprint density at radius 1 is 1.04 bits per heavy atom. The second-order valence-electron chi connectivity index (χ2n) is 5.26. The van der Waals surface area contributed by atoms with Gasteiger partial charge in [-0.05, 0) is 35.9 Å². The first kappa shape index (κ1) is 19.7. The van der Waals surface area contributed by atoms with Crippen molar-refractivity contribution in [3.05, 3.63) is 71.4 Å². The maximum atomic E-state index is 12.3. The zero-order valence-corrected chi connectivity index (χ0v) is 14.5. The van der Waals surface area contributed by atoms with Crippen molar-refractivity contribution in [2.75, 3.05) is 13.7 Å². The number of carboxylic acids is 1. The van der Waals surface area contributed by atoms with Crippen LogP contribution in [0.1, 0.15) is 15.9 Å². The van der Waals surface area contributed by atoms with E-state index in [9.17, 15) is 14.4 Å². The molecule has 0 aliphatic heterocycles. The molecule has 0 bridgehead atoms. The molecule has 0 saturated heterocycles.